The van der Waals surface area contributed by atoms with Crippen LogP contribution in [-0.2, 0) is 19.9 Å². The van der Waals surface area contributed by atoms with Gasteiger partial charge in [-0.3, -0.25) is 24.1 Å². The van der Waals surface area contributed by atoms with Crippen molar-refractivity contribution >= 4 is 35.3 Å². The van der Waals surface area contributed by atoms with E-state index < -0.39 is 47.6 Å². The molecule has 0 saturated carbocycles. The smallest absolute Gasteiger partial charge is 0.325 e. The van der Waals surface area contributed by atoms with Gasteiger partial charge >= 0.3 is 6.03 Å². The Balaban J connectivity index is 1.69. The van der Waals surface area contributed by atoms with Crippen LogP contribution in [0.15, 0.2) is 48.5 Å². The number of nitrogens with two attached hydrogens (primary N) is 1. The third kappa shape index (κ3) is 5.14. The minimum Gasteiger partial charge on any atom is -0.370 e. The molecule has 3 rings (SSSR count). The first-order valence-corrected chi connectivity index (χ1v) is 9.97. The Morgan fingerprint density at radius 2 is 1.76 bits per heavy atom. The molecule has 2 aromatic carbocycles. The van der Waals surface area contributed by atoms with Gasteiger partial charge < -0.3 is 21.7 Å². The van der Waals surface area contributed by atoms with E-state index in [0.717, 1.165) is 4.90 Å². The highest BCUT2D eigenvalue weighted by molar-refractivity contribution is 6.11. The zero-order chi connectivity index (χ0) is 24.2. The SMILES string of the molecule is CC1(c2ccc(F)cc2)NC(=O)N(CC(=O)Nc2ccccc2C(=O)NCCC(N)=O)C1=O. The number of halogens is 1. The minimum absolute atomic E-state index is 0.0286. The van der Waals surface area contributed by atoms with Gasteiger partial charge in [0.2, 0.25) is 11.8 Å². The van der Waals surface area contributed by atoms with Crippen LogP contribution in [0.2, 0.25) is 0 Å². The van der Waals surface area contributed by atoms with E-state index in [1.54, 1.807) is 12.1 Å². The van der Waals surface area contributed by atoms with Crippen molar-refractivity contribution in [3.63, 3.8) is 0 Å². The fraction of sp³-hybridized carbons (Fsp3) is 0.227. The first kappa shape index (κ1) is 23.4. The van der Waals surface area contributed by atoms with Crippen molar-refractivity contribution in [1.29, 1.82) is 0 Å². The molecule has 10 nitrogen and oxygen atoms in total. The monoisotopic (exact) mass is 455 g/mol. The number of amides is 6. The second-order valence-electron chi connectivity index (χ2n) is 7.52. The average Bonchev–Trinajstić information content (AvgIpc) is 2.98. The van der Waals surface area contributed by atoms with Crippen LogP contribution in [0.3, 0.4) is 0 Å². The van der Waals surface area contributed by atoms with Crippen LogP contribution in [0, 0.1) is 5.82 Å². The molecule has 1 heterocycles. The predicted octanol–water partition coefficient (Wildman–Crippen LogP) is 0.837. The van der Waals surface area contributed by atoms with Gasteiger partial charge in [0, 0.05) is 13.0 Å². The highest BCUT2D eigenvalue weighted by atomic mass is 19.1. The van der Waals surface area contributed by atoms with Gasteiger partial charge in [0.05, 0.1) is 11.3 Å². The number of rotatable bonds is 8. The van der Waals surface area contributed by atoms with Crippen LogP contribution in [0.25, 0.3) is 0 Å². The van der Waals surface area contributed by atoms with Crippen LogP contribution < -0.4 is 21.7 Å². The Hall–Kier alpha value is -4.28. The zero-order valence-electron chi connectivity index (χ0n) is 17.7. The van der Waals surface area contributed by atoms with Crippen molar-refractivity contribution in [3.05, 3.63) is 65.5 Å². The Morgan fingerprint density at radius 1 is 1.09 bits per heavy atom. The van der Waals surface area contributed by atoms with Crippen LogP contribution in [0.4, 0.5) is 14.9 Å². The standard InChI is InChI=1S/C22H22FN5O5/c1-22(13-6-8-14(23)9-7-13)20(32)28(21(33)27-22)12-18(30)26-16-5-3-2-4-15(16)19(31)25-11-10-17(24)29/h2-9H,10-12H2,1H3,(H2,24,29)(H,25,31)(H,26,30)(H,27,33). The van der Waals surface area contributed by atoms with Crippen molar-refractivity contribution in [1.82, 2.24) is 15.5 Å². The van der Waals surface area contributed by atoms with E-state index in [-0.39, 0.29) is 24.2 Å². The van der Waals surface area contributed by atoms with E-state index in [1.807, 2.05) is 0 Å². The molecule has 6 amide bonds. The van der Waals surface area contributed by atoms with Gasteiger partial charge in [-0.1, -0.05) is 24.3 Å². The van der Waals surface area contributed by atoms with Crippen molar-refractivity contribution in [3.8, 4) is 0 Å². The topological polar surface area (TPSA) is 151 Å². The van der Waals surface area contributed by atoms with Gasteiger partial charge in [-0.25, -0.2) is 9.18 Å². The number of imide groups is 1. The van der Waals surface area contributed by atoms with E-state index in [1.165, 1.54) is 43.3 Å². The van der Waals surface area contributed by atoms with Gasteiger partial charge in [0.1, 0.15) is 17.9 Å². The summed E-state index contributed by atoms with van der Waals surface area (Å²) in [4.78, 5) is 61.9. The molecule has 0 bridgehead atoms. The Morgan fingerprint density at radius 3 is 2.42 bits per heavy atom. The van der Waals surface area contributed by atoms with E-state index >= 15 is 0 Å². The van der Waals surface area contributed by atoms with Crippen molar-refractivity contribution < 1.29 is 28.4 Å². The van der Waals surface area contributed by atoms with Crippen LogP contribution in [0.1, 0.15) is 29.3 Å². The maximum atomic E-state index is 13.2. The predicted molar refractivity (Wildman–Crippen MR) is 115 cm³/mol. The average molecular weight is 455 g/mol. The lowest BCUT2D eigenvalue weighted by Crippen LogP contribution is -2.42. The number of nitrogens with zero attached hydrogens (tertiary/aromatic N) is 1. The van der Waals surface area contributed by atoms with Crippen LogP contribution >= 0.6 is 0 Å². The van der Waals surface area contributed by atoms with Crippen LogP contribution in [-0.4, -0.2) is 47.6 Å². The quantitative estimate of drug-likeness (QED) is 0.435. The number of nitrogens with one attached hydrogen (secondary N) is 3. The molecular formula is C22H22FN5O5. The Kier molecular flexibility index (Phi) is 6.71. The minimum atomic E-state index is -1.46. The summed E-state index contributed by atoms with van der Waals surface area (Å²) in [7, 11) is 0. The van der Waals surface area contributed by atoms with Gasteiger partial charge in [-0.15, -0.1) is 0 Å². The summed E-state index contributed by atoms with van der Waals surface area (Å²) in [5.41, 5.74) is 4.24. The molecule has 0 spiro atoms. The van der Waals surface area contributed by atoms with Crippen molar-refractivity contribution in [2.75, 3.05) is 18.4 Å². The number of para-hydroxylation sites is 1. The third-order valence-corrected chi connectivity index (χ3v) is 5.10. The number of carbonyl (C=O) groups excluding carboxylic acids is 5. The molecule has 1 atom stereocenters. The lowest BCUT2D eigenvalue weighted by atomic mass is 9.92. The number of urea groups is 1. The molecule has 33 heavy (non-hydrogen) atoms. The van der Waals surface area contributed by atoms with Gasteiger partial charge in [0.15, 0.2) is 0 Å². The molecule has 0 radical (unpaired) electrons. The van der Waals surface area contributed by atoms with Gasteiger partial charge in [-0.2, -0.15) is 0 Å². The third-order valence-electron chi connectivity index (χ3n) is 5.10. The molecule has 1 aliphatic heterocycles. The molecule has 1 unspecified atom stereocenters. The summed E-state index contributed by atoms with van der Waals surface area (Å²) in [6.07, 6.45) is -0.0424. The molecule has 2 aromatic rings. The van der Waals surface area contributed by atoms with Crippen LogP contribution in [0.5, 0.6) is 0 Å². The molecular weight excluding hydrogens is 433 g/mol. The van der Waals surface area contributed by atoms with E-state index in [4.69, 9.17) is 5.73 Å². The summed E-state index contributed by atoms with van der Waals surface area (Å²) < 4.78 is 13.2. The maximum absolute atomic E-state index is 13.2. The molecule has 1 saturated heterocycles. The lowest BCUT2D eigenvalue weighted by molar-refractivity contribution is -0.133. The molecule has 1 aliphatic rings. The summed E-state index contributed by atoms with van der Waals surface area (Å²) in [6.45, 7) is 0.893. The summed E-state index contributed by atoms with van der Waals surface area (Å²) in [6, 6.07) is 10.4. The number of primary amides is 1. The maximum Gasteiger partial charge on any atom is 0.325 e. The zero-order valence-corrected chi connectivity index (χ0v) is 17.7. The number of hydrogen-bond donors (Lipinski definition) is 4. The molecule has 0 aliphatic carbocycles. The number of benzene rings is 2. The first-order valence-electron chi connectivity index (χ1n) is 9.97. The van der Waals surface area contributed by atoms with E-state index in [2.05, 4.69) is 16.0 Å². The van der Waals surface area contributed by atoms with E-state index in [9.17, 15) is 28.4 Å². The Labute approximate surface area is 188 Å². The van der Waals surface area contributed by atoms with Crippen molar-refractivity contribution in [2.45, 2.75) is 18.9 Å². The summed E-state index contributed by atoms with van der Waals surface area (Å²) in [5.74, 6) is -2.98. The highest BCUT2D eigenvalue weighted by Crippen LogP contribution is 2.29. The number of carbonyl (C=O) groups is 5. The normalized spacial score (nSPS) is 17.5. The second kappa shape index (κ2) is 9.47. The molecule has 172 valence electrons. The van der Waals surface area contributed by atoms with Gasteiger partial charge in [0.25, 0.3) is 11.8 Å². The van der Waals surface area contributed by atoms with Crippen molar-refractivity contribution in [2.24, 2.45) is 5.73 Å². The van der Waals surface area contributed by atoms with Gasteiger partial charge in [-0.05, 0) is 36.8 Å². The summed E-state index contributed by atoms with van der Waals surface area (Å²) in [5, 5.41) is 7.57. The molecule has 11 heteroatoms. The largest absolute Gasteiger partial charge is 0.370 e. The number of hydrogen-bond acceptors (Lipinski definition) is 5. The fourth-order valence-electron chi connectivity index (χ4n) is 3.34. The highest BCUT2D eigenvalue weighted by Gasteiger charge is 2.49. The second-order valence-corrected chi connectivity index (χ2v) is 7.52. The number of anilines is 1. The fourth-order valence-corrected chi connectivity index (χ4v) is 3.34. The summed E-state index contributed by atoms with van der Waals surface area (Å²) >= 11 is 0. The lowest BCUT2D eigenvalue weighted by Gasteiger charge is -2.22. The van der Waals surface area contributed by atoms with E-state index in [0.29, 0.717) is 5.56 Å². The molecule has 5 N–H and O–H groups in total. The first-order chi connectivity index (χ1) is 15.6. The molecule has 1 fully saturated rings. The Bertz CT molecular complexity index is 1120. The molecule has 0 aromatic heterocycles.